The Balaban J connectivity index is 2.59. The van der Waals surface area contributed by atoms with Crippen molar-refractivity contribution in [3.63, 3.8) is 0 Å². The summed E-state index contributed by atoms with van der Waals surface area (Å²) >= 11 is 0. The highest BCUT2D eigenvalue weighted by Crippen LogP contribution is 2.15. The Hall–Kier alpha value is -0.860. The lowest BCUT2D eigenvalue weighted by Gasteiger charge is -2.16. The highest BCUT2D eigenvalue weighted by molar-refractivity contribution is 4.92. The van der Waals surface area contributed by atoms with E-state index >= 15 is 0 Å². The Morgan fingerprint density at radius 1 is 1.38 bits per heavy atom. The van der Waals surface area contributed by atoms with Gasteiger partial charge in [-0.15, -0.1) is 5.10 Å². The van der Waals surface area contributed by atoms with Crippen LogP contribution in [-0.4, -0.2) is 15.0 Å². The third-order valence-electron chi connectivity index (χ3n) is 1.73. The van der Waals surface area contributed by atoms with Crippen LogP contribution < -0.4 is 0 Å². The number of hydrogen-bond acceptors (Lipinski definition) is 2. The van der Waals surface area contributed by atoms with Crippen LogP contribution in [0.2, 0.25) is 0 Å². The Bertz CT molecular complexity index is 257. The molecule has 1 aromatic rings. The minimum absolute atomic E-state index is 0.275. The van der Waals surface area contributed by atoms with Gasteiger partial charge in [0.1, 0.15) is 0 Å². The second-order valence-electron chi connectivity index (χ2n) is 4.72. The van der Waals surface area contributed by atoms with Gasteiger partial charge in [0, 0.05) is 12.7 Å². The highest BCUT2D eigenvalue weighted by atomic mass is 15.4. The molecule has 0 amide bonds. The van der Waals surface area contributed by atoms with Crippen molar-refractivity contribution in [2.45, 2.75) is 47.1 Å². The van der Waals surface area contributed by atoms with Crippen LogP contribution in [0.4, 0.5) is 0 Å². The van der Waals surface area contributed by atoms with Crippen LogP contribution in [0, 0.1) is 5.41 Å². The summed E-state index contributed by atoms with van der Waals surface area (Å²) in [4.78, 5) is 0. The average molecular weight is 181 g/mol. The molecule has 0 spiro atoms. The zero-order valence-electron chi connectivity index (χ0n) is 9.04. The van der Waals surface area contributed by atoms with Crippen LogP contribution in [0.1, 0.15) is 39.8 Å². The van der Waals surface area contributed by atoms with Crippen molar-refractivity contribution in [2.24, 2.45) is 5.41 Å². The maximum absolute atomic E-state index is 4.10. The van der Waals surface area contributed by atoms with Gasteiger partial charge in [-0.25, -0.2) is 0 Å². The van der Waals surface area contributed by atoms with Crippen molar-refractivity contribution >= 4 is 0 Å². The van der Waals surface area contributed by atoms with E-state index in [2.05, 4.69) is 44.2 Å². The van der Waals surface area contributed by atoms with E-state index in [1.165, 1.54) is 0 Å². The minimum Gasteiger partial charge on any atom is -0.252 e. The highest BCUT2D eigenvalue weighted by Gasteiger charge is 2.12. The van der Waals surface area contributed by atoms with Crippen molar-refractivity contribution in [3.8, 4) is 0 Å². The maximum atomic E-state index is 4.10. The summed E-state index contributed by atoms with van der Waals surface area (Å²) in [7, 11) is 0. The average Bonchev–Trinajstić information content (AvgIpc) is 2.33. The van der Waals surface area contributed by atoms with E-state index in [1.807, 2.05) is 4.68 Å². The van der Waals surface area contributed by atoms with E-state index in [0.29, 0.717) is 0 Å². The molecule has 0 saturated carbocycles. The summed E-state index contributed by atoms with van der Waals surface area (Å²) in [6.45, 7) is 9.70. The fourth-order valence-electron chi connectivity index (χ4n) is 1.27. The van der Waals surface area contributed by atoms with E-state index in [4.69, 9.17) is 0 Å². The Morgan fingerprint density at radius 2 is 2.08 bits per heavy atom. The molecular formula is C10H19N3. The van der Waals surface area contributed by atoms with Gasteiger partial charge in [-0.2, -0.15) is 0 Å². The minimum atomic E-state index is 0.275. The summed E-state index contributed by atoms with van der Waals surface area (Å²) in [5.74, 6) is 0. The van der Waals surface area contributed by atoms with E-state index in [0.717, 1.165) is 25.1 Å². The smallest absolute Gasteiger partial charge is 0.0827 e. The molecule has 0 radical (unpaired) electrons. The van der Waals surface area contributed by atoms with Gasteiger partial charge in [0.25, 0.3) is 0 Å². The van der Waals surface area contributed by atoms with Crippen LogP contribution in [0.15, 0.2) is 6.20 Å². The van der Waals surface area contributed by atoms with E-state index in [-0.39, 0.29) is 5.41 Å². The van der Waals surface area contributed by atoms with Gasteiger partial charge in [0.05, 0.1) is 5.69 Å². The molecule has 0 aliphatic rings. The SMILES string of the molecule is CCCc1cn(CC(C)(C)C)nn1. The zero-order chi connectivity index (χ0) is 9.90. The molecule has 3 nitrogen and oxygen atoms in total. The Morgan fingerprint density at radius 3 is 2.62 bits per heavy atom. The van der Waals surface area contributed by atoms with Gasteiger partial charge in [-0.05, 0) is 11.8 Å². The Kier molecular flexibility index (Phi) is 3.07. The van der Waals surface area contributed by atoms with E-state index < -0.39 is 0 Å². The summed E-state index contributed by atoms with van der Waals surface area (Å²) in [6, 6.07) is 0. The molecule has 0 saturated heterocycles. The third-order valence-corrected chi connectivity index (χ3v) is 1.73. The first-order valence-electron chi connectivity index (χ1n) is 4.90. The summed E-state index contributed by atoms with van der Waals surface area (Å²) < 4.78 is 1.94. The molecule has 0 aliphatic heterocycles. The van der Waals surface area contributed by atoms with Gasteiger partial charge in [0.2, 0.25) is 0 Å². The fourth-order valence-corrected chi connectivity index (χ4v) is 1.27. The molecule has 13 heavy (non-hydrogen) atoms. The van der Waals surface area contributed by atoms with Gasteiger partial charge >= 0.3 is 0 Å². The summed E-state index contributed by atoms with van der Waals surface area (Å²) in [5, 5.41) is 8.19. The molecule has 0 aromatic carbocycles. The molecule has 3 heteroatoms. The van der Waals surface area contributed by atoms with Crippen LogP contribution in [-0.2, 0) is 13.0 Å². The van der Waals surface area contributed by atoms with Crippen molar-refractivity contribution in [1.29, 1.82) is 0 Å². The number of aryl methyl sites for hydroxylation is 1. The molecular weight excluding hydrogens is 162 g/mol. The lowest BCUT2D eigenvalue weighted by molar-refractivity contribution is 0.321. The van der Waals surface area contributed by atoms with Gasteiger partial charge in [-0.3, -0.25) is 4.68 Å². The summed E-state index contributed by atoms with van der Waals surface area (Å²) in [6.07, 6.45) is 4.22. The first-order chi connectivity index (χ1) is 6.01. The lowest BCUT2D eigenvalue weighted by Crippen LogP contribution is -2.15. The van der Waals surface area contributed by atoms with Gasteiger partial charge in [-0.1, -0.05) is 39.3 Å². The topological polar surface area (TPSA) is 30.7 Å². The predicted molar refractivity (Wildman–Crippen MR) is 53.5 cm³/mol. The Labute approximate surface area is 80.1 Å². The molecule has 1 heterocycles. The number of hydrogen-bond donors (Lipinski definition) is 0. The van der Waals surface area contributed by atoms with Crippen LogP contribution in [0.3, 0.4) is 0 Å². The van der Waals surface area contributed by atoms with Crippen LogP contribution in [0.25, 0.3) is 0 Å². The van der Waals surface area contributed by atoms with E-state index in [9.17, 15) is 0 Å². The second-order valence-corrected chi connectivity index (χ2v) is 4.72. The summed E-state index contributed by atoms with van der Waals surface area (Å²) in [5.41, 5.74) is 1.38. The van der Waals surface area contributed by atoms with Crippen molar-refractivity contribution < 1.29 is 0 Å². The zero-order valence-corrected chi connectivity index (χ0v) is 9.04. The van der Waals surface area contributed by atoms with Crippen molar-refractivity contribution in [3.05, 3.63) is 11.9 Å². The standard InChI is InChI=1S/C10H19N3/c1-5-6-9-7-13(12-11-9)8-10(2,3)4/h7H,5-6,8H2,1-4H3. The second kappa shape index (κ2) is 3.90. The first-order valence-corrected chi connectivity index (χ1v) is 4.90. The van der Waals surface area contributed by atoms with Crippen LogP contribution in [0.5, 0.6) is 0 Å². The number of rotatable bonds is 3. The molecule has 0 unspecified atom stereocenters. The molecule has 74 valence electrons. The molecule has 0 atom stereocenters. The van der Waals surface area contributed by atoms with E-state index in [1.54, 1.807) is 0 Å². The largest absolute Gasteiger partial charge is 0.252 e. The molecule has 0 N–H and O–H groups in total. The number of aromatic nitrogens is 3. The molecule has 1 rings (SSSR count). The predicted octanol–water partition coefficient (Wildman–Crippen LogP) is 2.28. The normalized spacial score (nSPS) is 12.0. The molecule has 0 aliphatic carbocycles. The quantitative estimate of drug-likeness (QED) is 0.716. The molecule has 0 fully saturated rings. The van der Waals surface area contributed by atoms with Gasteiger partial charge in [0.15, 0.2) is 0 Å². The monoisotopic (exact) mass is 181 g/mol. The third kappa shape index (κ3) is 3.57. The maximum Gasteiger partial charge on any atom is 0.0827 e. The number of nitrogens with zero attached hydrogens (tertiary/aromatic N) is 3. The molecule has 1 aromatic heterocycles. The van der Waals surface area contributed by atoms with Gasteiger partial charge < -0.3 is 0 Å². The fraction of sp³-hybridized carbons (Fsp3) is 0.800. The molecule has 0 bridgehead atoms. The van der Waals surface area contributed by atoms with Crippen molar-refractivity contribution in [2.75, 3.05) is 0 Å². The first kappa shape index (κ1) is 10.2. The van der Waals surface area contributed by atoms with Crippen LogP contribution >= 0.6 is 0 Å². The van der Waals surface area contributed by atoms with Crippen molar-refractivity contribution in [1.82, 2.24) is 15.0 Å². The lowest BCUT2D eigenvalue weighted by atomic mass is 9.97.